The Hall–Kier alpha value is -1.55. The Kier molecular flexibility index (Phi) is 4.44. The third kappa shape index (κ3) is 3.38. The largest absolute Gasteiger partial charge is 0.379 e. The van der Waals surface area contributed by atoms with Gasteiger partial charge in [-0.05, 0) is 59.5 Å². The molecule has 0 unspecified atom stereocenters. The molecule has 1 N–H and O–H groups in total. The minimum absolute atomic E-state index is 0.830. The number of nitrogens with one attached hydrogen (secondary N) is 1. The summed E-state index contributed by atoms with van der Waals surface area (Å²) in [6, 6.07) is 12.7. The molecule has 0 atom stereocenters. The molecular formula is C17H20BrN3. The molecule has 1 fully saturated rings. The summed E-state index contributed by atoms with van der Waals surface area (Å²) in [4.78, 5) is 6.92. The summed E-state index contributed by atoms with van der Waals surface area (Å²) in [5.41, 5.74) is 4.82. The average Bonchev–Trinajstić information content (AvgIpc) is 3.01. The Bertz CT molecular complexity index is 621. The van der Waals surface area contributed by atoms with Crippen molar-refractivity contribution in [1.82, 2.24) is 4.98 Å². The zero-order valence-corrected chi connectivity index (χ0v) is 13.9. The first kappa shape index (κ1) is 14.4. The number of aryl methyl sites for hydroxylation is 1. The lowest BCUT2D eigenvalue weighted by Gasteiger charge is -2.22. The van der Waals surface area contributed by atoms with Crippen molar-refractivity contribution in [2.24, 2.45) is 0 Å². The molecule has 1 aromatic carbocycles. The number of nitrogens with zero attached hydrogens (tertiary/aromatic N) is 2. The van der Waals surface area contributed by atoms with Gasteiger partial charge in [-0.2, -0.15) is 0 Å². The summed E-state index contributed by atoms with van der Waals surface area (Å²) in [6.07, 6.45) is 2.61. The SMILES string of the molecule is Cc1nc(Br)ccc1NCc1ccccc1N1CCCC1. The second-order valence-corrected chi connectivity index (χ2v) is 6.26. The van der Waals surface area contributed by atoms with E-state index >= 15 is 0 Å². The molecule has 1 aromatic heterocycles. The van der Waals surface area contributed by atoms with E-state index in [4.69, 9.17) is 0 Å². The molecule has 0 bridgehead atoms. The summed E-state index contributed by atoms with van der Waals surface area (Å²) in [5.74, 6) is 0. The Balaban J connectivity index is 1.75. The lowest BCUT2D eigenvalue weighted by molar-refractivity contribution is 0.949. The number of anilines is 2. The third-order valence-corrected chi connectivity index (χ3v) is 4.40. The molecule has 0 amide bonds. The van der Waals surface area contributed by atoms with Gasteiger partial charge >= 0.3 is 0 Å². The minimum atomic E-state index is 0.830. The van der Waals surface area contributed by atoms with Crippen molar-refractivity contribution < 1.29 is 0 Å². The van der Waals surface area contributed by atoms with E-state index in [-0.39, 0.29) is 0 Å². The van der Waals surface area contributed by atoms with Crippen molar-refractivity contribution in [3.63, 3.8) is 0 Å². The second-order valence-electron chi connectivity index (χ2n) is 5.44. The summed E-state index contributed by atoms with van der Waals surface area (Å²) >= 11 is 3.40. The van der Waals surface area contributed by atoms with Gasteiger partial charge in [0.05, 0.1) is 11.4 Å². The number of benzene rings is 1. The predicted molar refractivity (Wildman–Crippen MR) is 91.9 cm³/mol. The fourth-order valence-electron chi connectivity index (χ4n) is 2.83. The molecule has 3 rings (SSSR count). The molecule has 1 saturated heterocycles. The highest BCUT2D eigenvalue weighted by molar-refractivity contribution is 9.10. The van der Waals surface area contributed by atoms with Crippen LogP contribution in [-0.2, 0) is 6.54 Å². The maximum atomic E-state index is 4.43. The van der Waals surface area contributed by atoms with E-state index in [1.165, 1.54) is 37.2 Å². The number of halogens is 1. The zero-order valence-electron chi connectivity index (χ0n) is 12.3. The van der Waals surface area contributed by atoms with Gasteiger partial charge in [0.25, 0.3) is 0 Å². The highest BCUT2D eigenvalue weighted by Gasteiger charge is 2.15. The van der Waals surface area contributed by atoms with Crippen molar-refractivity contribution >= 4 is 27.3 Å². The van der Waals surface area contributed by atoms with E-state index in [1.54, 1.807) is 0 Å². The summed E-state index contributed by atoms with van der Waals surface area (Å²) in [7, 11) is 0. The van der Waals surface area contributed by atoms with E-state index in [1.807, 2.05) is 13.0 Å². The molecule has 0 spiro atoms. The number of aromatic nitrogens is 1. The van der Waals surface area contributed by atoms with Crippen molar-refractivity contribution in [1.29, 1.82) is 0 Å². The number of hydrogen-bond donors (Lipinski definition) is 1. The van der Waals surface area contributed by atoms with Gasteiger partial charge in [-0.15, -0.1) is 0 Å². The quantitative estimate of drug-likeness (QED) is 0.834. The van der Waals surface area contributed by atoms with E-state index in [0.717, 1.165) is 22.5 Å². The minimum Gasteiger partial charge on any atom is -0.379 e. The van der Waals surface area contributed by atoms with Gasteiger partial charge in [-0.3, -0.25) is 0 Å². The lowest BCUT2D eigenvalue weighted by Crippen LogP contribution is -2.20. The maximum absolute atomic E-state index is 4.43. The van der Waals surface area contributed by atoms with Crippen molar-refractivity contribution in [2.45, 2.75) is 26.3 Å². The molecule has 3 nitrogen and oxygen atoms in total. The summed E-state index contributed by atoms with van der Waals surface area (Å²) in [6.45, 7) is 5.21. The Morgan fingerprint density at radius 3 is 2.67 bits per heavy atom. The molecule has 0 aliphatic carbocycles. The van der Waals surface area contributed by atoms with E-state index in [0.29, 0.717) is 0 Å². The van der Waals surface area contributed by atoms with Crippen LogP contribution in [0.2, 0.25) is 0 Å². The standard InChI is InChI=1S/C17H20BrN3/c1-13-15(8-9-17(18)20-13)19-12-14-6-2-3-7-16(14)21-10-4-5-11-21/h2-3,6-9,19H,4-5,10-12H2,1H3. The molecular weight excluding hydrogens is 326 g/mol. The van der Waals surface area contributed by atoms with Crippen LogP contribution in [0.4, 0.5) is 11.4 Å². The maximum Gasteiger partial charge on any atom is 0.106 e. The van der Waals surface area contributed by atoms with Crippen molar-refractivity contribution in [3.8, 4) is 0 Å². The van der Waals surface area contributed by atoms with Crippen LogP contribution in [0.15, 0.2) is 41.0 Å². The lowest BCUT2D eigenvalue weighted by atomic mass is 10.1. The average molecular weight is 346 g/mol. The fourth-order valence-corrected chi connectivity index (χ4v) is 3.23. The van der Waals surface area contributed by atoms with Crippen LogP contribution in [0.3, 0.4) is 0 Å². The number of para-hydroxylation sites is 1. The van der Waals surface area contributed by atoms with Crippen LogP contribution in [-0.4, -0.2) is 18.1 Å². The molecule has 1 aliphatic heterocycles. The van der Waals surface area contributed by atoms with E-state index < -0.39 is 0 Å². The first-order chi connectivity index (χ1) is 10.2. The molecule has 2 aromatic rings. The molecule has 0 radical (unpaired) electrons. The van der Waals surface area contributed by atoms with Gasteiger partial charge in [0.2, 0.25) is 0 Å². The highest BCUT2D eigenvalue weighted by atomic mass is 79.9. The smallest absolute Gasteiger partial charge is 0.106 e. The molecule has 21 heavy (non-hydrogen) atoms. The molecule has 0 saturated carbocycles. The topological polar surface area (TPSA) is 28.2 Å². The van der Waals surface area contributed by atoms with Gasteiger partial charge < -0.3 is 10.2 Å². The molecule has 2 heterocycles. The summed E-state index contributed by atoms with van der Waals surface area (Å²) in [5, 5.41) is 3.51. The Morgan fingerprint density at radius 1 is 1.14 bits per heavy atom. The predicted octanol–water partition coefficient (Wildman–Crippen LogP) is 4.36. The normalized spacial score (nSPS) is 14.5. The third-order valence-electron chi connectivity index (χ3n) is 3.96. The second kappa shape index (κ2) is 6.48. The number of pyridine rings is 1. The van der Waals surface area contributed by atoms with Crippen LogP contribution in [0.25, 0.3) is 0 Å². The van der Waals surface area contributed by atoms with Gasteiger partial charge in [-0.25, -0.2) is 4.98 Å². The van der Waals surface area contributed by atoms with Gasteiger partial charge in [0.1, 0.15) is 4.60 Å². The summed E-state index contributed by atoms with van der Waals surface area (Å²) < 4.78 is 0.878. The fraction of sp³-hybridized carbons (Fsp3) is 0.353. The Labute approximate surface area is 134 Å². The van der Waals surface area contributed by atoms with Crippen LogP contribution in [0.1, 0.15) is 24.1 Å². The van der Waals surface area contributed by atoms with Crippen molar-refractivity contribution in [2.75, 3.05) is 23.3 Å². The Morgan fingerprint density at radius 2 is 1.90 bits per heavy atom. The molecule has 1 aliphatic rings. The van der Waals surface area contributed by atoms with Crippen LogP contribution in [0.5, 0.6) is 0 Å². The number of hydrogen-bond acceptors (Lipinski definition) is 3. The van der Waals surface area contributed by atoms with Crippen LogP contribution in [0, 0.1) is 6.92 Å². The highest BCUT2D eigenvalue weighted by Crippen LogP contribution is 2.25. The van der Waals surface area contributed by atoms with Crippen LogP contribution >= 0.6 is 15.9 Å². The first-order valence-electron chi connectivity index (χ1n) is 7.44. The van der Waals surface area contributed by atoms with Gasteiger partial charge in [0.15, 0.2) is 0 Å². The first-order valence-corrected chi connectivity index (χ1v) is 8.23. The van der Waals surface area contributed by atoms with E-state index in [9.17, 15) is 0 Å². The monoisotopic (exact) mass is 345 g/mol. The van der Waals surface area contributed by atoms with Gasteiger partial charge in [0, 0.05) is 25.3 Å². The molecule has 4 heteroatoms. The number of rotatable bonds is 4. The van der Waals surface area contributed by atoms with Crippen LogP contribution < -0.4 is 10.2 Å². The van der Waals surface area contributed by atoms with E-state index in [2.05, 4.69) is 61.5 Å². The molecule has 110 valence electrons. The van der Waals surface area contributed by atoms with Gasteiger partial charge in [-0.1, -0.05) is 18.2 Å². The van der Waals surface area contributed by atoms with Crippen molar-refractivity contribution in [3.05, 3.63) is 52.3 Å². The zero-order chi connectivity index (χ0) is 14.7.